The molecule has 4 aromatic rings. The van der Waals surface area contributed by atoms with E-state index in [1.165, 1.54) is 5.69 Å². The zero-order valence-corrected chi connectivity index (χ0v) is 23.7. The molecule has 1 atom stereocenters. The van der Waals surface area contributed by atoms with Crippen LogP contribution in [-0.2, 0) is 5.41 Å². The molecule has 208 valence electrons. The molecule has 1 amide bonds. The quantitative estimate of drug-likeness (QED) is 0.304. The molecule has 10 nitrogen and oxygen atoms in total. The maximum Gasteiger partial charge on any atom is 0.315 e. The van der Waals surface area contributed by atoms with Crippen LogP contribution in [0.25, 0.3) is 11.3 Å². The summed E-state index contributed by atoms with van der Waals surface area (Å²) in [4.78, 5) is 28.5. The maximum atomic E-state index is 12.7. The molecule has 40 heavy (non-hydrogen) atoms. The van der Waals surface area contributed by atoms with Crippen molar-refractivity contribution in [2.24, 2.45) is 0 Å². The van der Waals surface area contributed by atoms with E-state index in [0.29, 0.717) is 11.8 Å². The number of rotatable bonds is 7. The van der Waals surface area contributed by atoms with Crippen LogP contribution in [0.3, 0.4) is 0 Å². The van der Waals surface area contributed by atoms with Crippen molar-refractivity contribution >= 4 is 23.2 Å². The van der Waals surface area contributed by atoms with E-state index >= 15 is 0 Å². The van der Waals surface area contributed by atoms with Gasteiger partial charge in [-0.15, -0.1) is 0 Å². The second-order valence-corrected chi connectivity index (χ2v) is 11.1. The first-order valence-corrected chi connectivity index (χ1v) is 13.6. The first kappa shape index (κ1) is 27.3. The molecule has 2 aromatic carbocycles. The Balaban J connectivity index is 1.25. The second-order valence-electron chi connectivity index (χ2n) is 11.1. The number of aryl methyl sites for hydroxylation is 1. The molecule has 0 spiro atoms. The van der Waals surface area contributed by atoms with Crippen molar-refractivity contribution in [2.45, 2.75) is 46.1 Å². The summed E-state index contributed by atoms with van der Waals surface area (Å²) in [5, 5.41) is 13.6. The van der Waals surface area contributed by atoms with Gasteiger partial charge in [0.1, 0.15) is 0 Å². The number of hydrogen-bond donors (Lipinski definition) is 3. The lowest BCUT2D eigenvalue weighted by molar-refractivity contribution is 0.0895. The van der Waals surface area contributed by atoms with Gasteiger partial charge in [-0.1, -0.05) is 38.1 Å². The van der Waals surface area contributed by atoms with Gasteiger partial charge in [-0.2, -0.15) is 4.98 Å². The highest BCUT2D eigenvalue weighted by Gasteiger charge is 2.25. The smallest absolute Gasteiger partial charge is 0.315 e. The van der Waals surface area contributed by atoms with E-state index < -0.39 is 5.91 Å². The van der Waals surface area contributed by atoms with E-state index in [0.717, 1.165) is 54.3 Å². The molecular formula is C30H36N8O2. The lowest BCUT2D eigenvalue weighted by Gasteiger charge is -2.29. The van der Waals surface area contributed by atoms with Crippen LogP contribution in [0, 0.1) is 6.92 Å². The molecule has 0 aliphatic carbocycles. The summed E-state index contributed by atoms with van der Waals surface area (Å²) in [6, 6.07) is 16.1. The molecule has 0 unspecified atom stereocenters. The van der Waals surface area contributed by atoms with Gasteiger partial charge in [-0.05, 0) is 61.4 Å². The van der Waals surface area contributed by atoms with Crippen LogP contribution in [0.5, 0.6) is 0 Å². The molecule has 0 bridgehead atoms. The van der Waals surface area contributed by atoms with Crippen LogP contribution in [0.15, 0.2) is 59.3 Å². The standard InChI is InChI=1S/C30H36N8O2/c1-19-18-21(6-11-24(19)20(2)33-26(39)27-36-28(37-40-27)30(3,4)5)25-12-13-32-29(35-25)34-22-7-9-23(10-8-22)38-16-14-31-15-17-38/h6-13,18,20,31H,14-17H2,1-5H3,(H,33,39)(H,32,34,35)/t20-/m1/s1. The molecule has 2 aromatic heterocycles. The minimum absolute atomic E-state index is 0.0366. The molecule has 1 saturated heterocycles. The first-order valence-electron chi connectivity index (χ1n) is 13.6. The van der Waals surface area contributed by atoms with Crippen LogP contribution >= 0.6 is 0 Å². The van der Waals surface area contributed by atoms with Crippen molar-refractivity contribution < 1.29 is 9.32 Å². The first-order chi connectivity index (χ1) is 19.2. The number of carbonyl (C=O) groups excluding carboxylic acids is 1. The third-order valence-electron chi connectivity index (χ3n) is 6.93. The van der Waals surface area contributed by atoms with Gasteiger partial charge in [0.2, 0.25) is 5.95 Å². The summed E-state index contributed by atoms with van der Waals surface area (Å²) >= 11 is 0. The van der Waals surface area contributed by atoms with Gasteiger partial charge in [0.25, 0.3) is 0 Å². The molecule has 10 heteroatoms. The molecule has 1 aliphatic rings. The SMILES string of the molecule is Cc1cc(-c2ccnc(Nc3ccc(N4CCNCC4)cc3)n2)ccc1[C@@H](C)NC(=O)c1nc(C(C)(C)C)no1. The summed E-state index contributed by atoms with van der Waals surface area (Å²) in [6.07, 6.45) is 1.75. The molecule has 3 N–H and O–H groups in total. The van der Waals surface area contributed by atoms with Crippen molar-refractivity contribution in [3.63, 3.8) is 0 Å². The highest BCUT2D eigenvalue weighted by molar-refractivity contribution is 5.89. The molecule has 5 rings (SSSR count). The number of nitrogens with zero attached hydrogens (tertiary/aromatic N) is 5. The summed E-state index contributed by atoms with van der Waals surface area (Å²) in [5.41, 5.74) is 5.64. The van der Waals surface area contributed by atoms with E-state index in [4.69, 9.17) is 9.51 Å². The fourth-order valence-electron chi connectivity index (χ4n) is 4.66. The van der Waals surface area contributed by atoms with Gasteiger partial charge in [0.05, 0.1) is 11.7 Å². The van der Waals surface area contributed by atoms with Crippen LogP contribution < -0.4 is 20.9 Å². The molecule has 0 saturated carbocycles. The zero-order chi connectivity index (χ0) is 28.3. The third-order valence-corrected chi connectivity index (χ3v) is 6.93. The number of amides is 1. The Bertz CT molecular complexity index is 1470. The van der Waals surface area contributed by atoms with Gasteiger partial charge in [-0.3, -0.25) is 4.79 Å². The Kier molecular flexibility index (Phi) is 7.79. The molecule has 0 radical (unpaired) electrons. The lowest BCUT2D eigenvalue weighted by atomic mass is 9.96. The van der Waals surface area contributed by atoms with Gasteiger partial charge < -0.3 is 25.4 Å². The van der Waals surface area contributed by atoms with Gasteiger partial charge >= 0.3 is 11.8 Å². The largest absolute Gasteiger partial charge is 0.369 e. The normalized spacial score (nSPS) is 14.6. The van der Waals surface area contributed by atoms with E-state index in [1.807, 2.05) is 52.8 Å². The summed E-state index contributed by atoms with van der Waals surface area (Å²) in [5.74, 6) is 0.595. The van der Waals surface area contributed by atoms with Gasteiger partial charge in [-0.25, -0.2) is 9.97 Å². The lowest BCUT2D eigenvalue weighted by Crippen LogP contribution is -2.43. The fourth-order valence-corrected chi connectivity index (χ4v) is 4.66. The third kappa shape index (κ3) is 6.28. The maximum absolute atomic E-state index is 12.7. The Morgan fingerprint density at radius 3 is 2.48 bits per heavy atom. The van der Waals surface area contributed by atoms with Crippen molar-refractivity contribution in [2.75, 3.05) is 36.4 Å². The zero-order valence-electron chi connectivity index (χ0n) is 23.7. The fraction of sp³-hybridized carbons (Fsp3) is 0.367. The Morgan fingerprint density at radius 2 is 1.80 bits per heavy atom. The Hall–Kier alpha value is -4.31. The predicted octanol–water partition coefficient (Wildman–Crippen LogP) is 4.78. The number of anilines is 3. The number of aromatic nitrogens is 4. The highest BCUT2D eigenvalue weighted by Crippen LogP contribution is 2.26. The minimum atomic E-state index is -0.397. The topological polar surface area (TPSA) is 121 Å². The van der Waals surface area contributed by atoms with E-state index in [-0.39, 0.29) is 17.3 Å². The Labute approximate surface area is 234 Å². The number of piperazine rings is 1. The van der Waals surface area contributed by atoms with Crippen molar-refractivity contribution in [3.05, 3.63) is 77.6 Å². The number of carbonyl (C=O) groups is 1. The minimum Gasteiger partial charge on any atom is -0.369 e. The van der Waals surface area contributed by atoms with Crippen LogP contribution in [-0.4, -0.2) is 52.2 Å². The van der Waals surface area contributed by atoms with Gasteiger partial charge in [0.15, 0.2) is 5.82 Å². The van der Waals surface area contributed by atoms with Gasteiger partial charge in [0, 0.05) is 54.7 Å². The number of nitrogens with one attached hydrogen (secondary N) is 3. The molecule has 1 fully saturated rings. The van der Waals surface area contributed by atoms with Crippen LogP contribution in [0.2, 0.25) is 0 Å². The van der Waals surface area contributed by atoms with E-state index in [2.05, 4.69) is 66.3 Å². The second kappa shape index (κ2) is 11.4. The summed E-state index contributed by atoms with van der Waals surface area (Å²) in [6.45, 7) is 13.9. The molecule has 3 heterocycles. The summed E-state index contributed by atoms with van der Waals surface area (Å²) < 4.78 is 5.19. The highest BCUT2D eigenvalue weighted by atomic mass is 16.5. The van der Waals surface area contributed by atoms with Crippen molar-refractivity contribution in [1.29, 1.82) is 0 Å². The molecular weight excluding hydrogens is 504 g/mol. The number of hydrogen-bond acceptors (Lipinski definition) is 9. The molecule has 1 aliphatic heterocycles. The van der Waals surface area contributed by atoms with E-state index in [9.17, 15) is 4.79 Å². The van der Waals surface area contributed by atoms with Crippen LogP contribution in [0.1, 0.15) is 61.4 Å². The predicted molar refractivity (Wildman–Crippen MR) is 156 cm³/mol. The Morgan fingerprint density at radius 1 is 1.05 bits per heavy atom. The summed E-state index contributed by atoms with van der Waals surface area (Å²) in [7, 11) is 0. The van der Waals surface area contributed by atoms with Crippen molar-refractivity contribution in [1.82, 2.24) is 30.7 Å². The monoisotopic (exact) mass is 540 g/mol. The average molecular weight is 541 g/mol. The van der Waals surface area contributed by atoms with Crippen molar-refractivity contribution in [3.8, 4) is 11.3 Å². The van der Waals surface area contributed by atoms with Crippen LogP contribution in [0.4, 0.5) is 17.3 Å². The number of benzene rings is 2. The average Bonchev–Trinajstić information content (AvgIpc) is 3.46. The van der Waals surface area contributed by atoms with E-state index in [1.54, 1.807) is 6.20 Å².